The molecule has 10 N–H and O–H groups in total. The molecule has 22 nitrogen and oxygen atoms in total. The lowest BCUT2D eigenvalue weighted by atomic mass is 10.3. The van der Waals surface area contributed by atoms with Crippen LogP contribution < -0.4 is 31.1 Å². The fourth-order valence-corrected chi connectivity index (χ4v) is 4.53. The summed E-state index contributed by atoms with van der Waals surface area (Å²) in [6.07, 6.45) is -2.23. The highest BCUT2D eigenvalue weighted by Crippen LogP contribution is 2.23. The predicted molar refractivity (Wildman–Crippen MR) is 175 cm³/mol. The van der Waals surface area contributed by atoms with E-state index < -0.39 is 57.2 Å². The molecule has 0 aliphatic carbocycles. The van der Waals surface area contributed by atoms with Gasteiger partial charge in [0.1, 0.15) is 0 Å². The molecule has 0 spiro atoms. The van der Waals surface area contributed by atoms with Crippen LogP contribution in [0.1, 0.15) is 0 Å². The van der Waals surface area contributed by atoms with Gasteiger partial charge >= 0.3 is 0 Å². The van der Waals surface area contributed by atoms with Gasteiger partial charge in [-0.3, -0.25) is 9.11 Å². The molecule has 0 bridgehead atoms. The van der Waals surface area contributed by atoms with Gasteiger partial charge in [-0.2, -0.15) is 46.7 Å². The van der Waals surface area contributed by atoms with E-state index in [-0.39, 0.29) is 61.9 Å². The standard InChI is InChI=1S/C24H38N12O10S2/c1-35(6-8-47(41,42)43)23-31-19(25-11-17(39)13-37)29-21(33-23)27-15-4-3-5-16(10-15)28-22-30-20(26-12-18(40)14-38)32-24(34-22)36(2)7-9-48(44,45)46/h3-5,10,17-18,37-40H,6-9,11-14H2,1-2H3,(H,41,42,43)(H,44,45,46)(H2,25,27,29,31,33)(H2,26,28,30,32,34). The van der Waals surface area contributed by atoms with E-state index >= 15 is 0 Å². The van der Waals surface area contributed by atoms with Crippen molar-refractivity contribution in [3.05, 3.63) is 24.3 Å². The van der Waals surface area contributed by atoms with E-state index in [1.54, 1.807) is 24.3 Å². The summed E-state index contributed by atoms with van der Waals surface area (Å²) in [6.45, 7) is -1.57. The second kappa shape index (κ2) is 17.2. The van der Waals surface area contributed by atoms with E-state index in [1.165, 1.54) is 23.9 Å². The molecule has 0 amide bonds. The van der Waals surface area contributed by atoms with Crippen molar-refractivity contribution in [3.63, 3.8) is 0 Å². The van der Waals surface area contributed by atoms with Gasteiger partial charge in [-0.15, -0.1) is 0 Å². The monoisotopic (exact) mass is 718 g/mol. The van der Waals surface area contributed by atoms with Crippen LogP contribution in [-0.2, 0) is 20.2 Å². The third-order valence-electron chi connectivity index (χ3n) is 6.09. The van der Waals surface area contributed by atoms with Crippen LogP contribution in [0.15, 0.2) is 24.3 Å². The van der Waals surface area contributed by atoms with Crippen LogP contribution in [0.3, 0.4) is 0 Å². The largest absolute Gasteiger partial charge is 0.394 e. The molecule has 0 aliphatic rings. The van der Waals surface area contributed by atoms with E-state index in [0.717, 1.165) is 0 Å². The van der Waals surface area contributed by atoms with Crippen molar-refractivity contribution >= 4 is 67.3 Å². The Bertz CT molecular complexity index is 1600. The Hall–Kier alpha value is -4.30. The molecule has 3 aromatic rings. The Morgan fingerprint density at radius 3 is 1.40 bits per heavy atom. The lowest BCUT2D eigenvalue weighted by molar-refractivity contribution is 0.105. The maximum atomic E-state index is 11.2. The molecule has 266 valence electrons. The summed E-state index contributed by atoms with van der Waals surface area (Å²) >= 11 is 0. The Labute approximate surface area is 275 Å². The summed E-state index contributed by atoms with van der Waals surface area (Å²) in [7, 11) is -5.54. The summed E-state index contributed by atoms with van der Waals surface area (Å²) in [4.78, 5) is 28.3. The first-order valence-electron chi connectivity index (χ1n) is 14.1. The summed E-state index contributed by atoms with van der Waals surface area (Å²) in [5.41, 5.74) is 0.895. The van der Waals surface area contributed by atoms with Crippen molar-refractivity contribution < 1.29 is 46.4 Å². The van der Waals surface area contributed by atoms with E-state index in [0.29, 0.717) is 11.4 Å². The second-order valence-corrected chi connectivity index (χ2v) is 13.4. The predicted octanol–water partition coefficient (Wildman–Crippen LogP) is -2.28. The molecule has 2 atom stereocenters. The Morgan fingerprint density at radius 2 is 1.04 bits per heavy atom. The first kappa shape index (κ1) is 38.2. The van der Waals surface area contributed by atoms with Gasteiger partial charge in [0, 0.05) is 51.6 Å². The number of benzene rings is 1. The lowest BCUT2D eigenvalue weighted by Gasteiger charge is -2.19. The molecule has 48 heavy (non-hydrogen) atoms. The fourth-order valence-electron chi connectivity index (χ4n) is 3.53. The molecule has 3 rings (SSSR count). The second-order valence-electron chi connectivity index (χ2n) is 10.2. The van der Waals surface area contributed by atoms with Crippen LogP contribution in [0.25, 0.3) is 0 Å². The van der Waals surface area contributed by atoms with Gasteiger partial charge in [0.15, 0.2) is 0 Å². The molecule has 2 heterocycles. The van der Waals surface area contributed by atoms with Crippen LogP contribution in [0.2, 0.25) is 0 Å². The van der Waals surface area contributed by atoms with Crippen LogP contribution in [0, 0.1) is 0 Å². The topological polar surface area (TPSA) is 322 Å². The fraction of sp³-hybridized carbons (Fsp3) is 0.500. The molecule has 1 aromatic carbocycles. The quantitative estimate of drug-likeness (QED) is 0.0550. The van der Waals surface area contributed by atoms with E-state index in [1.807, 2.05) is 0 Å². The highest BCUT2D eigenvalue weighted by molar-refractivity contribution is 7.86. The van der Waals surface area contributed by atoms with Crippen molar-refractivity contribution in [2.45, 2.75) is 12.2 Å². The number of aromatic nitrogens is 6. The molecule has 0 saturated carbocycles. The number of nitrogens with one attached hydrogen (secondary N) is 4. The average Bonchev–Trinajstić information content (AvgIpc) is 3.03. The maximum absolute atomic E-state index is 11.2. The van der Waals surface area contributed by atoms with Crippen molar-refractivity contribution in [2.24, 2.45) is 0 Å². The van der Waals surface area contributed by atoms with Crippen LogP contribution >= 0.6 is 0 Å². The third kappa shape index (κ3) is 13.4. The summed E-state index contributed by atoms with van der Waals surface area (Å²) in [6, 6.07) is 6.64. The zero-order chi connectivity index (χ0) is 35.5. The molecule has 0 radical (unpaired) electrons. The lowest BCUT2D eigenvalue weighted by Crippen LogP contribution is -2.28. The average molecular weight is 719 g/mol. The molecular formula is C24H38N12O10S2. The molecular weight excluding hydrogens is 680 g/mol. The Kier molecular flexibility index (Phi) is 13.7. The summed E-state index contributed by atoms with van der Waals surface area (Å²) in [5.74, 6) is -1.14. The molecule has 2 aromatic heterocycles. The van der Waals surface area contributed by atoms with Gasteiger partial charge in [0.2, 0.25) is 35.7 Å². The van der Waals surface area contributed by atoms with Gasteiger partial charge < -0.3 is 51.5 Å². The van der Waals surface area contributed by atoms with Crippen molar-refractivity contribution in [1.82, 2.24) is 29.9 Å². The number of anilines is 8. The molecule has 24 heteroatoms. The number of aliphatic hydroxyl groups excluding tert-OH is 4. The Balaban J connectivity index is 1.88. The smallest absolute Gasteiger partial charge is 0.266 e. The van der Waals surface area contributed by atoms with Gasteiger partial charge in [-0.05, 0) is 18.2 Å². The number of hydrogen-bond donors (Lipinski definition) is 10. The summed E-state index contributed by atoms with van der Waals surface area (Å²) < 4.78 is 63.3. The molecule has 0 fully saturated rings. The van der Waals surface area contributed by atoms with Crippen LogP contribution in [0.4, 0.5) is 47.1 Å². The number of rotatable bonds is 20. The number of nitrogens with zero attached hydrogens (tertiary/aromatic N) is 8. The molecule has 2 unspecified atom stereocenters. The maximum Gasteiger partial charge on any atom is 0.266 e. The minimum Gasteiger partial charge on any atom is -0.394 e. The van der Waals surface area contributed by atoms with Crippen LogP contribution in [-0.4, -0.2) is 153 Å². The van der Waals surface area contributed by atoms with Gasteiger partial charge in [-0.25, -0.2) is 0 Å². The van der Waals surface area contributed by atoms with Crippen LogP contribution in [0.5, 0.6) is 0 Å². The van der Waals surface area contributed by atoms with Gasteiger partial charge in [0.25, 0.3) is 20.2 Å². The zero-order valence-corrected chi connectivity index (χ0v) is 27.5. The zero-order valence-electron chi connectivity index (χ0n) is 25.8. The highest BCUT2D eigenvalue weighted by atomic mass is 32.2. The van der Waals surface area contributed by atoms with E-state index in [2.05, 4.69) is 51.2 Å². The van der Waals surface area contributed by atoms with Crippen molar-refractivity contribution in [3.8, 4) is 0 Å². The van der Waals surface area contributed by atoms with Crippen molar-refractivity contribution in [1.29, 1.82) is 0 Å². The van der Waals surface area contributed by atoms with Crippen molar-refractivity contribution in [2.75, 3.05) is 96.1 Å². The normalized spacial score (nSPS) is 13.0. The molecule has 0 saturated heterocycles. The van der Waals surface area contributed by atoms with E-state index in [4.69, 9.17) is 19.3 Å². The van der Waals surface area contributed by atoms with Gasteiger partial charge in [-0.1, -0.05) is 6.07 Å². The molecule has 0 aliphatic heterocycles. The minimum absolute atomic E-state index is 0.00804. The minimum atomic E-state index is -4.27. The third-order valence-corrected chi connectivity index (χ3v) is 7.48. The Morgan fingerprint density at radius 1 is 0.667 bits per heavy atom. The summed E-state index contributed by atoms with van der Waals surface area (Å²) in [5, 5.41) is 49.2. The first-order valence-corrected chi connectivity index (χ1v) is 17.3. The first-order chi connectivity index (χ1) is 22.5. The SMILES string of the molecule is CN(CCS(=O)(=O)O)c1nc(NCC(O)CO)nc(Nc2cccc(Nc3nc(NCC(O)CO)nc(N(C)CCS(=O)(=O)O)n3)c2)n1. The number of aliphatic hydroxyl groups is 4. The van der Waals surface area contributed by atoms with E-state index in [9.17, 15) is 27.0 Å². The highest BCUT2D eigenvalue weighted by Gasteiger charge is 2.17. The van der Waals surface area contributed by atoms with Gasteiger partial charge in [0.05, 0.1) is 36.9 Å². The number of hydrogen-bond acceptors (Lipinski definition) is 20.